The van der Waals surface area contributed by atoms with Gasteiger partial charge in [-0.3, -0.25) is 10.2 Å². The first kappa shape index (κ1) is 15.5. The Kier molecular flexibility index (Phi) is 8.88. The average Bonchev–Trinajstić information content (AvgIpc) is 2.02. The summed E-state index contributed by atoms with van der Waals surface area (Å²) in [6.45, 7) is 2.11. The summed E-state index contributed by atoms with van der Waals surface area (Å²) in [6.07, 6.45) is -1.83. The molecule has 0 unspecified atom stereocenters. The van der Waals surface area contributed by atoms with Crippen molar-refractivity contribution >= 4 is 18.1 Å². The number of nitrogens with zero attached hydrogens (tertiary/aromatic N) is 1. The summed E-state index contributed by atoms with van der Waals surface area (Å²) in [5, 5.41) is 20.9. The molecule has 0 aliphatic heterocycles. The normalized spacial score (nSPS) is 8.13. The van der Waals surface area contributed by atoms with Gasteiger partial charge in [-0.05, 0) is 6.92 Å². The Morgan fingerprint density at radius 1 is 1.47 bits per heavy atom. The lowest BCUT2D eigenvalue weighted by molar-refractivity contribution is -0.143. The third-order valence-corrected chi connectivity index (χ3v) is 1.08. The van der Waals surface area contributed by atoms with Crippen LogP contribution in [-0.4, -0.2) is 53.4 Å². The molecule has 0 rings (SSSR count). The second-order valence-electron chi connectivity index (χ2n) is 2.33. The summed E-state index contributed by atoms with van der Waals surface area (Å²) in [5.74, 6) is -0.511. The summed E-state index contributed by atoms with van der Waals surface area (Å²) in [5.41, 5.74) is 5.08. The minimum atomic E-state index is -1.83. The van der Waals surface area contributed by atoms with Crippen LogP contribution >= 0.6 is 0 Å². The van der Waals surface area contributed by atoms with Crippen molar-refractivity contribution in [1.82, 2.24) is 4.90 Å². The van der Waals surface area contributed by atoms with Crippen molar-refractivity contribution in [2.75, 3.05) is 20.2 Å². The molecule has 0 atom stereocenters. The molecule has 0 aromatic rings. The maximum absolute atomic E-state index is 10.7. The van der Waals surface area contributed by atoms with Gasteiger partial charge in [0.25, 0.3) is 0 Å². The number of carbonyl (C=O) groups is 2. The Morgan fingerprint density at radius 3 is 2.13 bits per heavy atom. The van der Waals surface area contributed by atoms with Crippen molar-refractivity contribution in [2.45, 2.75) is 6.92 Å². The van der Waals surface area contributed by atoms with Crippen LogP contribution in [0.5, 0.6) is 0 Å². The number of hydrogen-bond donors (Lipinski definition) is 4. The predicted molar refractivity (Wildman–Crippen MR) is 51.8 cm³/mol. The molecule has 0 aromatic carbocycles. The number of likely N-dealkylation sites (N-methyl/N-ethyl adjacent to an activating group) is 1. The smallest absolute Gasteiger partial charge is 0.465 e. The molecule has 8 heteroatoms. The van der Waals surface area contributed by atoms with Crippen molar-refractivity contribution in [1.29, 1.82) is 5.41 Å². The lowest BCUT2D eigenvalue weighted by Gasteiger charge is -2.14. The predicted octanol–water partition coefficient (Wildman–Crippen LogP) is -0.403. The summed E-state index contributed by atoms with van der Waals surface area (Å²) in [4.78, 5) is 20.6. The maximum Gasteiger partial charge on any atom is 0.503 e. The van der Waals surface area contributed by atoms with Gasteiger partial charge in [0.1, 0.15) is 6.54 Å². The molecule has 0 radical (unpaired) electrons. The Labute approximate surface area is 86.7 Å². The molecule has 0 aliphatic carbocycles. The van der Waals surface area contributed by atoms with Crippen LogP contribution in [0.1, 0.15) is 6.92 Å². The highest BCUT2D eigenvalue weighted by atomic mass is 16.6. The Balaban J connectivity index is 0. The summed E-state index contributed by atoms with van der Waals surface area (Å²) < 4.78 is 4.63. The first-order chi connectivity index (χ1) is 6.81. The lowest BCUT2D eigenvalue weighted by Crippen LogP contribution is -2.37. The van der Waals surface area contributed by atoms with Crippen LogP contribution in [0.4, 0.5) is 4.79 Å². The fourth-order valence-corrected chi connectivity index (χ4v) is 0.485. The average molecular weight is 221 g/mol. The minimum Gasteiger partial charge on any atom is -0.465 e. The highest BCUT2D eigenvalue weighted by Crippen LogP contribution is 1.83. The van der Waals surface area contributed by atoms with E-state index in [2.05, 4.69) is 4.74 Å². The van der Waals surface area contributed by atoms with E-state index in [1.54, 1.807) is 14.0 Å². The zero-order valence-corrected chi connectivity index (χ0v) is 8.56. The first-order valence-corrected chi connectivity index (χ1v) is 3.93. The second kappa shape index (κ2) is 8.60. The monoisotopic (exact) mass is 221 g/mol. The summed E-state index contributed by atoms with van der Waals surface area (Å²) in [7, 11) is 1.55. The van der Waals surface area contributed by atoms with Crippen LogP contribution in [0.25, 0.3) is 0 Å². The second-order valence-corrected chi connectivity index (χ2v) is 2.33. The Morgan fingerprint density at radius 2 is 1.87 bits per heavy atom. The molecule has 8 nitrogen and oxygen atoms in total. The number of nitrogens with one attached hydrogen (secondary N) is 1. The molecule has 0 amide bonds. The molecule has 0 fully saturated rings. The van der Waals surface area contributed by atoms with Gasteiger partial charge in [0, 0.05) is 7.05 Å². The van der Waals surface area contributed by atoms with E-state index in [0.29, 0.717) is 6.61 Å². The van der Waals surface area contributed by atoms with Gasteiger partial charge in [-0.2, -0.15) is 0 Å². The topological polar surface area (TPSA) is 137 Å². The van der Waals surface area contributed by atoms with E-state index < -0.39 is 6.16 Å². The lowest BCUT2D eigenvalue weighted by atomic mass is 10.6. The SMILES string of the molecule is CCOC(=O)CN(C)C(=N)N.O=C(O)O. The van der Waals surface area contributed by atoms with Crippen LogP contribution in [0.15, 0.2) is 0 Å². The molecule has 0 aliphatic rings. The standard InChI is InChI=1S/C6H13N3O2.CH2O3/c1-3-11-5(10)4-9(2)6(7)8;2-1(3)4/h3-4H2,1-2H3,(H3,7,8);(H2,2,3,4). The molecule has 0 aromatic heterocycles. The molecule has 0 spiro atoms. The van der Waals surface area contributed by atoms with Gasteiger partial charge in [0.2, 0.25) is 0 Å². The molecular weight excluding hydrogens is 206 g/mol. The van der Waals surface area contributed by atoms with Crippen molar-refractivity contribution in [3.63, 3.8) is 0 Å². The number of guanidine groups is 1. The molecule has 0 heterocycles. The summed E-state index contributed by atoms with van der Waals surface area (Å²) in [6, 6.07) is 0. The first-order valence-electron chi connectivity index (χ1n) is 3.93. The van der Waals surface area contributed by atoms with Gasteiger partial charge in [0.15, 0.2) is 5.96 Å². The molecule has 5 N–H and O–H groups in total. The maximum atomic E-state index is 10.7. The number of carbonyl (C=O) groups excluding carboxylic acids is 1. The largest absolute Gasteiger partial charge is 0.503 e. The molecule has 0 saturated carbocycles. The van der Waals surface area contributed by atoms with Crippen LogP contribution in [-0.2, 0) is 9.53 Å². The minimum absolute atomic E-state index is 0.0309. The van der Waals surface area contributed by atoms with Crippen LogP contribution in [0.2, 0.25) is 0 Å². The van der Waals surface area contributed by atoms with Crippen molar-refractivity contribution < 1.29 is 24.5 Å². The van der Waals surface area contributed by atoms with Gasteiger partial charge in [-0.15, -0.1) is 0 Å². The van der Waals surface area contributed by atoms with E-state index in [9.17, 15) is 4.79 Å². The van der Waals surface area contributed by atoms with Gasteiger partial charge >= 0.3 is 12.1 Å². The molecular formula is C7H15N3O5. The van der Waals surface area contributed by atoms with Crippen molar-refractivity contribution in [3.05, 3.63) is 0 Å². The Hall–Kier alpha value is -1.99. The fourth-order valence-electron chi connectivity index (χ4n) is 0.485. The molecule has 0 saturated heterocycles. The van der Waals surface area contributed by atoms with Gasteiger partial charge in [-0.1, -0.05) is 0 Å². The molecule has 0 bridgehead atoms. The number of hydrogen-bond acceptors (Lipinski definition) is 4. The highest BCUT2D eigenvalue weighted by Gasteiger charge is 2.06. The number of rotatable bonds is 3. The van der Waals surface area contributed by atoms with E-state index in [0.717, 1.165) is 0 Å². The highest BCUT2D eigenvalue weighted by molar-refractivity contribution is 5.80. The zero-order valence-electron chi connectivity index (χ0n) is 8.56. The third-order valence-electron chi connectivity index (χ3n) is 1.08. The number of nitrogens with two attached hydrogens (primary N) is 1. The van der Waals surface area contributed by atoms with Gasteiger partial charge in [0.05, 0.1) is 6.61 Å². The number of ether oxygens (including phenoxy) is 1. The van der Waals surface area contributed by atoms with Crippen LogP contribution in [0.3, 0.4) is 0 Å². The quantitative estimate of drug-likeness (QED) is 0.289. The van der Waals surface area contributed by atoms with Crippen molar-refractivity contribution in [3.8, 4) is 0 Å². The fraction of sp³-hybridized carbons (Fsp3) is 0.571. The van der Waals surface area contributed by atoms with Gasteiger partial charge in [-0.25, -0.2) is 4.79 Å². The molecule has 88 valence electrons. The zero-order chi connectivity index (χ0) is 12.4. The van der Waals surface area contributed by atoms with E-state index >= 15 is 0 Å². The van der Waals surface area contributed by atoms with Crippen LogP contribution in [0, 0.1) is 5.41 Å². The van der Waals surface area contributed by atoms with E-state index in [-0.39, 0.29) is 18.5 Å². The number of carboxylic acid groups (broad SMARTS) is 2. The van der Waals surface area contributed by atoms with E-state index in [1.165, 1.54) is 4.90 Å². The Bertz CT molecular complexity index is 227. The molecule has 15 heavy (non-hydrogen) atoms. The van der Waals surface area contributed by atoms with E-state index in [4.69, 9.17) is 26.2 Å². The van der Waals surface area contributed by atoms with Gasteiger partial charge < -0.3 is 25.6 Å². The van der Waals surface area contributed by atoms with Crippen molar-refractivity contribution in [2.24, 2.45) is 5.73 Å². The van der Waals surface area contributed by atoms with E-state index in [1.807, 2.05) is 0 Å². The summed E-state index contributed by atoms with van der Waals surface area (Å²) >= 11 is 0. The number of esters is 1. The third kappa shape index (κ3) is 14.8. The van der Waals surface area contributed by atoms with Crippen LogP contribution < -0.4 is 5.73 Å².